The van der Waals surface area contributed by atoms with Crippen molar-refractivity contribution in [1.82, 2.24) is 9.97 Å². The van der Waals surface area contributed by atoms with Gasteiger partial charge in [-0.2, -0.15) is 0 Å². The van der Waals surface area contributed by atoms with Gasteiger partial charge in [-0.1, -0.05) is 21.6 Å². The molecule has 2 aromatic rings. The Bertz CT molecular complexity index is 473. The van der Waals surface area contributed by atoms with Crippen LogP contribution in [-0.2, 0) is 0 Å². The number of nitrogens with zero attached hydrogens (tertiary/aromatic N) is 2. The highest BCUT2D eigenvalue weighted by Crippen LogP contribution is 2.31. The van der Waals surface area contributed by atoms with Crippen molar-refractivity contribution in [3.05, 3.63) is 24.5 Å². The standard InChI is InChI=1S/C10H11N3S2/c1-11-10-8-4-3-7(15-14-2)5-9(8)12-6-13-10/h3-6H,1-2H3,(H,11,12,13). The molecule has 15 heavy (non-hydrogen) atoms. The van der Waals surface area contributed by atoms with Gasteiger partial charge in [-0.15, -0.1) is 0 Å². The SMILES string of the molecule is CNc1ncnc2cc(SSC)ccc12. The van der Waals surface area contributed by atoms with E-state index in [1.165, 1.54) is 4.90 Å². The second-order valence-electron chi connectivity index (χ2n) is 2.90. The zero-order chi connectivity index (χ0) is 10.7. The molecular formula is C10H11N3S2. The molecule has 5 heteroatoms. The van der Waals surface area contributed by atoms with Crippen LogP contribution in [0.5, 0.6) is 0 Å². The zero-order valence-electron chi connectivity index (χ0n) is 8.52. The molecule has 0 bridgehead atoms. The van der Waals surface area contributed by atoms with Crippen LogP contribution in [0.15, 0.2) is 29.4 Å². The van der Waals surface area contributed by atoms with Gasteiger partial charge >= 0.3 is 0 Å². The third kappa shape index (κ3) is 2.18. The average Bonchev–Trinajstić information content (AvgIpc) is 2.28. The maximum atomic E-state index is 4.26. The maximum absolute atomic E-state index is 4.26. The average molecular weight is 237 g/mol. The minimum atomic E-state index is 0.876. The smallest absolute Gasteiger partial charge is 0.137 e. The van der Waals surface area contributed by atoms with Gasteiger partial charge in [0.2, 0.25) is 0 Å². The van der Waals surface area contributed by atoms with Crippen molar-refractivity contribution in [3.8, 4) is 0 Å². The molecule has 0 atom stereocenters. The summed E-state index contributed by atoms with van der Waals surface area (Å²) >= 11 is 0. The fraction of sp³-hybridized carbons (Fsp3) is 0.200. The Morgan fingerprint density at radius 1 is 1.27 bits per heavy atom. The molecule has 0 fully saturated rings. The molecule has 78 valence electrons. The summed E-state index contributed by atoms with van der Waals surface area (Å²) in [5.41, 5.74) is 0.980. The Hall–Kier alpha value is -0.940. The summed E-state index contributed by atoms with van der Waals surface area (Å²) in [5, 5.41) is 4.12. The quantitative estimate of drug-likeness (QED) is 0.831. The van der Waals surface area contributed by atoms with Gasteiger partial charge in [-0.3, -0.25) is 0 Å². The van der Waals surface area contributed by atoms with Crippen molar-refractivity contribution in [2.45, 2.75) is 4.90 Å². The fourth-order valence-corrected chi connectivity index (χ4v) is 2.75. The molecule has 0 radical (unpaired) electrons. The predicted molar refractivity (Wildman–Crippen MR) is 68.5 cm³/mol. The third-order valence-corrected chi connectivity index (χ3v) is 3.71. The number of hydrogen-bond acceptors (Lipinski definition) is 5. The highest BCUT2D eigenvalue weighted by molar-refractivity contribution is 8.76. The number of aromatic nitrogens is 2. The second-order valence-corrected chi connectivity index (χ2v) is 5.37. The van der Waals surface area contributed by atoms with Crippen LogP contribution in [0, 0.1) is 0 Å². The molecule has 0 aliphatic heterocycles. The fourth-order valence-electron chi connectivity index (χ4n) is 1.38. The number of fused-ring (bicyclic) bond motifs is 1. The molecule has 0 aliphatic rings. The Morgan fingerprint density at radius 2 is 2.13 bits per heavy atom. The van der Waals surface area contributed by atoms with E-state index in [-0.39, 0.29) is 0 Å². The Labute approximate surface area is 96.5 Å². The second kappa shape index (κ2) is 4.72. The lowest BCUT2D eigenvalue weighted by Gasteiger charge is -2.04. The number of rotatable bonds is 3. The molecule has 2 rings (SSSR count). The molecule has 3 nitrogen and oxygen atoms in total. The Morgan fingerprint density at radius 3 is 2.87 bits per heavy atom. The van der Waals surface area contributed by atoms with Crippen molar-refractivity contribution >= 4 is 38.3 Å². The summed E-state index contributed by atoms with van der Waals surface area (Å²) in [6, 6.07) is 6.23. The summed E-state index contributed by atoms with van der Waals surface area (Å²) in [4.78, 5) is 9.64. The van der Waals surface area contributed by atoms with Crippen molar-refractivity contribution in [1.29, 1.82) is 0 Å². The molecular weight excluding hydrogens is 226 g/mol. The number of nitrogens with one attached hydrogen (secondary N) is 1. The molecule has 0 saturated carbocycles. The van der Waals surface area contributed by atoms with Crippen LogP contribution in [0.2, 0.25) is 0 Å². The normalized spacial score (nSPS) is 10.5. The topological polar surface area (TPSA) is 37.8 Å². The van der Waals surface area contributed by atoms with E-state index < -0.39 is 0 Å². The van der Waals surface area contributed by atoms with Crippen LogP contribution in [0.1, 0.15) is 0 Å². The Kier molecular flexibility index (Phi) is 3.33. The maximum Gasteiger partial charge on any atom is 0.137 e. The molecule has 1 N–H and O–H groups in total. The molecule has 0 saturated heterocycles. The summed E-state index contributed by atoms with van der Waals surface area (Å²) in [6.45, 7) is 0. The van der Waals surface area contributed by atoms with Gasteiger partial charge in [0.15, 0.2) is 0 Å². The summed E-state index contributed by atoms with van der Waals surface area (Å²) in [5.74, 6) is 0.876. The van der Waals surface area contributed by atoms with E-state index in [0.29, 0.717) is 0 Å². The zero-order valence-corrected chi connectivity index (χ0v) is 10.2. The van der Waals surface area contributed by atoms with Crippen molar-refractivity contribution < 1.29 is 0 Å². The van der Waals surface area contributed by atoms with Crippen molar-refractivity contribution in [3.63, 3.8) is 0 Å². The van der Waals surface area contributed by atoms with Crippen LogP contribution in [-0.4, -0.2) is 23.3 Å². The Balaban J connectivity index is 2.53. The van der Waals surface area contributed by atoms with Crippen LogP contribution < -0.4 is 5.32 Å². The van der Waals surface area contributed by atoms with Gasteiger partial charge in [0.25, 0.3) is 0 Å². The van der Waals surface area contributed by atoms with E-state index in [2.05, 4.69) is 39.7 Å². The van der Waals surface area contributed by atoms with E-state index in [4.69, 9.17) is 0 Å². The van der Waals surface area contributed by atoms with E-state index >= 15 is 0 Å². The van der Waals surface area contributed by atoms with Gasteiger partial charge in [0, 0.05) is 17.3 Å². The van der Waals surface area contributed by atoms with Gasteiger partial charge < -0.3 is 5.32 Å². The highest BCUT2D eigenvalue weighted by Gasteiger charge is 2.02. The number of anilines is 1. The molecule has 0 aliphatic carbocycles. The van der Waals surface area contributed by atoms with Crippen molar-refractivity contribution in [2.24, 2.45) is 0 Å². The summed E-state index contributed by atoms with van der Waals surface area (Å²) in [7, 11) is 5.34. The molecule has 0 spiro atoms. The molecule has 0 unspecified atom stereocenters. The molecule has 1 aromatic carbocycles. The third-order valence-electron chi connectivity index (χ3n) is 2.02. The highest BCUT2D eigenvalue weighted by atomic mass is 33.1. The van der Waals surface area contributed by atoms with Gasteiger partial charge in [0.05, 0.1) is 5.52 Å². The summed E-state index contributed by atoms with van der Waals surface area (Å²) in [6.07, 6.45) is 3.65. The first kappa shape index (κ1) is 10.6. The van der Waals surface area contributed by atoms with E-state index in [1.54, 1.807) is 27.9 Å². The minimum absolute atomic E-state index is 0.876. The molecule has 1 heterocycles. The van der Waals surface area contributed by atoms with Crippen LogP contribution in [0.25, 0.3) is 10.9 Å². The minimum Gasteiger partial charge on any atom is -0.373 e. The van der Waals surface area contributed by atoms with E-state index in [1.807, 2.05) is 7.05 Å². The van der Waals surface area contributed by atoms with Crippen molar-refractivity contribution in [2.75, 3.05) is 18.6 Å². The van der Waals surface area contributed by atoms with Gasteiger partial charge in [0.1, 0.15) is 12.1 Å². The van der Waals surface area contributed by atoms with Gasteiger partial charge in [-0.25, -0.2) is 9.97 Å². The van der Waals surface area contributed by atoms with Crippen LogP contribution in [0.3, 0.4) is 0 Å². The lowest BCUT2D eigenvalue weighted by Crippen LogP contribution is -1.94. The summed E-state index contributed by atoms with van der Waals surface area (Å²) < 4.78 is 0. The first-order valence-electron chi connectivity index (χ1n) is 4.48. The lowest BCUT2D eigenvalue weighted by molar-refractivity contribution is 1.20. The lowest BCUT2D eigenvalue weighted by atomic mass is 10.2. The van der Waals surface area contributed by atoms with Gasteiger partial charge in [-0.05, 0) is 24.5 Å². The predicted octanol–water partition coefficient (Wildman–Crippen LogP) is 3.04. The van der Waals surface area contributed by atoms with Crippen LogP contribution in [0.4, 0.5) is 5.82 Å². The van der Waals surface area contributed by atoms with E-state index in [9.17, 15) is 0 Å². The largest absolute Gasteiger partial charge is 0.373 e. The monoisotopic (exact) mass is 237 g/mol. The number of hydrogen-bond donors (Lipinski definition) is 1. The molecule has 0 amide bonds. The van der Waals surface area contributed by atoms with Crippen LogP contribution >= 0.6 is 21.6 Å². The van der Waals surface area contributed by atoms with E-state index in [0.717, 1.165) is 16.7 Å². The number of benzene rings is 1. The first-order chi connectivity index (χ1) is 7.35. The first-order valence-corrected chi connectivity index (χ1v) is 7.04. The molecule has 1 aromatic heterocycles.